The number of hydroxylamine groups is 2. The lowest BCUT2D eigenvalue weighted by molar-refractivity contribution is -0.234. The predicted molar refractivity (Wildman–Crippen MR) is 172 cm³/mol. The number of guanidine groups is 1. The highest BCUT2D eigenvalue weighted by molar-refractivity contribution is 7.55. The first-order chi connectivity index (χ1) is 23.9. The van der Waals surface area contributed by atoms with Crippen LogP contribution in [0.4, 0.5) is 23.7 Å². The van der Waals surface area contributed by atoms with Gasteiger partial charge in [0.15, 0.2) is 5.96 Å². The van der Waals surface area contributed by atoms with Crippen LogP contribution in [0.25, 0.3) is 10.4 Å². The second-order valence-corrected chi connectivity index (χ2v) is 11.8. The van der Waals surface area contributed by atoms with Gasteiger partial charge in [-0.15, -0.1) is 5.06 Å². The van der Waals surface area contributed by atoms with Crippen LogP contribution in [0.3, 0.4) is 0 Å². The van der Waals surface area contributed by atoms with Crippen molar-refractivity contribution in [1.29, 1.82) is 0 Å². The molecule has 0 bridgehead atoms. The molecule has 0 aliphatic carbocycles. The third kappa shape index (κ3) is 13.2. The molecule has 20 heteroatoms. The first-order valence-corrected chi connectivity index (χ1v) is 16.2. The average Bonchev–Trinajstić information content (AvgIpc) is 3.07. The predicted octanol–water partition coefficient (Wildman–Crippen LogP) is 5.61. The topological polar surface area (TPSA) is 223 Å². The monoisotopic (exact) mass is 723 g/mol. The van der Waals surface area contributed by atoms with Crippen molar-refractivity contribution in [1.82, 2.24) is 5.06 Å². The minimum atomic E-state index is -5.59. The van der Waals surface area contributed by atoms with E-state index in [-0.39, 0.29) is 61.1 Å². The van der Waals surface area contributed by atoms with Crippen molar-refractivity contribution in [3.63, 3.8) is 0 Å². The van der Waals surface area contributed by atoms with Crippen LogP contribution in [0.5, 0.6) is 11.5 Å². The molecule has 50 heavy (non-hydrogen) atoms. The zero-order valence-electron chi connectivity index (χ0n) is 26.3. The molecule has 3 aromatic carbocycles. The molecular weight excluding hydrogens is 690 g/mol. The smallest absolute Gasteiger partial charge is 0.445 e. The zero-order chi connectivity index (χ0) is 36.4. The number of benzene rings is 3. The van der Waals surface area contributed by atoms with Gasteiger partial charge in [-0.2, -0.15) is 13.2 Å². The molecule has 0 fully saturated rings. The zero-order valence-corrected chi connectivity index (χ0v) is 27.2. The number of hydrogen-bond acceptors (Lipinski definition) is 11. The van der Waals surface area contributed by atoms with E-state index in [1.54, 1.807) is 12.1 Å². The molecule has 1 unspecified atom stereocenters. The first kappa shape index (κ1) is 39.0. The van der Waals surface area contributed by atoms with Gasteiger partial charge in [0.1, 0.15) is 18.1 Å². The molecule has 0 heterocycles. The number of carbonyl (C=O) groups is 2. The maximum Gasteiger partial charge on any atom is 0.493 e. The van der Waals surface area contributed by atoms with E-state index in [1.807, 2.05) is 0 Å². The van der Waals surface area contributed by atoms with Gasteiger partial charge < -0.3 is 39.6 Å². The van der Waals surface area contributed by atoms with Gasteiger partial charge in [0.2, 0.25) is 5.78 Å². The molecule has 3 aromatic rings. The van der Waals surface area contributed by atoms with Crippen molar-refractivity contribution < 1.29 is 55.4 Å². The van der Waals surface area contributed by atoms with E-state index in [9.17, 15) is 27.3 Å². The Balaban J connectivity index is 1.99. The number of carbonyl (C=O) groups excluding carboxylic acids is 2. The minimum Gasteiger partial charge on any atom is -0.445 e. The summed E-state index contributed by atoms with van der Waals surface area (Å²) >= 11 is 0. The van der Waals surface area contributed by atoms with E-state index in [0.29, 0.717) is 5.69 Å². The molecule has 0 aliphatic heterocycles. The molecule has 0 radical (unpaired) electrons. The second-order valence-electron chi connectivity index (χ2n) is 9.73. The Hall–Kier alpha value is -5.48. The van der Waals surface area contributed by atoms with Crippen LogP contribution in [0.1, 0.15) is 5.56 Å². The van der Waals surface area contributed by atoms with Crippen LogP contribution < -0.4 is 20.5 Å². The van der Waals surface area contributed by atoms with Gasteiger partial charge in [0, 0.05) is 17.9 Å². The van der Waals surface area contributed by atoms with Gasteiger partial charge in [-0.25, -0.2) is 19.1 Å². The van der Waals surface area contributed by atoms with E-state index in [4.69, 9.17) is 40.3 Å². The minimum absolute atomic E-state index is 0.0180. The number of aliphatic imine (C=N–C) groups is 1. The molecule has 0 spiro atoms. The van der Waals surface area contributed by atoms with Gasteiger partial charge >= 0.3 is 25.8 Å². The Labute approximate surface area is 283 Å². The van der Waals surface area contributed by atoms with Crippen molar-refractivity contribution in [2.45, 2.75) is 18.4 Å². The molecule has 0 saturated heterocycles. The number of amides is 1. The van der Waals surface area contributed by atoms with Crippen LogP contribution >= 0.6 is 7.60 Å². The molecule has 3 rings (SSSR count). The van der Waals surface area contributed by atoms with Gasteiger partial charge in [0.25, 0.3) is 0 Å². The van der Waals surface area contributed by atoms with Crippen molar-refractivity contribution in [2.75, 3.05) is 39.6 Å². The quantitative estimate of drug-likeness (QED) is 0.0240. The highest BCUT2D eigenvalue weighted by Crippen LogP contribution is 2.55. The lowest BCUT2D eigenvalue weighted by Crippen LogP contribution is -2.47. The van der Waals surface area contributed by atoms with Gasteiger partial charge in [-0.3, -0.25) is 0 Å². The second kappa shape index (κ2) is 19.5. The fraction of sp³-hybridized carbons (Fsp3) is 0.300. The molecule has 1 amide bonds. The number of para-hydroxylation sites is 2. The molecule has 268 valence electrons. The molecule has 1 atom stereocenters. The molecule has 0 aromatic heterocycles. The Bertz CT molecular complexity index is 1600. The lowest BCUT2D eigenvalue weighted by atomic mass is 10.1. The third-order valence-electron chi connectivity index (χ3n) is 6.02. The van der Waals surface area contributed by atoms with Gasteiger partial charge in [-0.1, -0.05) is 53.6 Å². The molecule has 0 saturated carbocycles. The maximum absolute atomic E-state index is 14.9. The summed E-state index contributed by atoms with van der Waals surface area (Å²) in [6.07, 6.45) is -7.80. The number of nitrogens with two attached hydrogens (primary N) is 2. The first-order valence-electron chi connectivity index (χ1n) is 14.6. The van der Waals surface area contributed by atoms with E-state index >= 15 is 0 Å². The summed E-state index contributed by atoms with van der Waals surface area (Å²) in [4.78, 5) is 36.7. The summed E-state index contributed by atoms with van der Waals surface area (Å²) < 4.78 is 82.7. The number of ether oxygens (including phenoxy) is 3. The summed E-state index contributed by atoms with van der Waals surface area (Å²) in [5.74, 6) is -5.25. The highest BCUT2D eigenvalue weighted by Gasteiger charge is 2.52. The van der Waals surface area contributed by atoms with Gasteiger partial charge in [0.05, 0.1) is 32.1 Å². The Morgan fingerprint density at radius 1 is 0.840 bits per heavy atom. The Kier molecular flexibility index (Phi) is 15.2. The number of alkyl halides is 3. The summed E-state index contributed by atoms with van der Waals surface area (Å²) in [6, 6.07) is 20.7. The highest BCUT2D eigenvalue weighted by atomic mass is 31.2. The SMILES string of the molecule is [N-]=[N+]=NCCOCCOCCOC(=O)N(OC(=O)C(F)(F)F)C(Cc1ccc(N=C(N)N)cc1)P(=O)(Oc1ccccc1)Oc1ccccc1. The normalized spacial score (nSPS) is 11.7. The van der Waals surface area contributed by atoms with Crippen molar-refractivity contribution in [3.05, 3.63) is 101 Å². The third-order valence-corrected chi connectivity index (χ3v) is 8.07. The lowest BCUT2D eigenvalue weighted by Gasteiger charge is -2.33. The summed E-state index contributed by atoms with van der Waals surface area (Å²) in [7, 11) is -4.92. The van der Waals surface area contributed by atoms with Crippen molar-refractivity contribution >= 4 is 31.3 Å². The van der Waals surface area contributed by atoms with Crippen molar-refractivity contribution in [2.24, 2.45) is 21.6 Å². The summed E-state index contributed by atoms with van der Waals surface area (Å²) in [5, 5.41) is 3.18. The standard InChI is InChI=1S/C30H33F3N7O9P/c31-30(32,33)27(41)47-40(29(42)46-20-19-45-18-17-44-16-15-37-39-36)26(21-22-11-13-23(14-12-22)38-28(34)35)50(43,48-24-7-3-1-4-8-24)49-25-9-5-2-6-10-25/h1-14,26H,15-21H2,(H4,34,35,38). The largest absolute Gasteiger partial charge is 0.493 e. The molecule has 16 nitrogen and oxygen atoms in total. The molecular formula is C30H33F3N7O9P. The van der Waals surface area contributed by atoms with Crippen LogP contribution in [-0.2, 0) is 34.8 Å². The Morgan fingerprint density at radius 2 is 1.38 bits per heavy atom. The number of halogens is 3. The average molecular weight is 724 g/mol. The van der Waals surface area contributed by atoms with Crippen LogP contribution in [0.15, 0.2) is 95.0 Å². The van der Waals surface area contributed by atoms with Crippen LogP contribution in [0, 0.1) is 0 Å². The van der Waals surface area contributed by atoms with E-state index in [1.165, 1.54) is 72.8 Å². The molecule has 4 N–H and O–H groups in total. The van der Waals surface area contributed by atoms with Gasteiger partial charge in [-0.05, 0) is 47.5 Å². The molecule has 0 aliphatic rings. The number of rotatable bonds is 18. The maximum atomic E-state index is 14.9. The number of azide groups is 1. The Morgan fingerprint density at radius 3 is 1.90 bits per heavy atom. The summed E-state index contributed by atoms with van der Waals surface area (Å²) in [6.45, 7) is -0.456. The van der Waals surface area contributed by atoms with Crippen LogP contribution in [0.2, 0.25) is 0 Å². The number of nitrogens with zero attached hydrogens (tertiary/aromatic N) is 5. The fourth-order valence-electron chi connectivity index (χ4n) is 3.87. The van der Waals surface area contributed by atoms with Crippen molar-refractivity contribution in [3.8, 4) is 11.5 Å². The number of hydrogen-bond donors (Lipinski definition) is 2. The van der Waals surface area contributed by atoms with Crippen LogP contribution in [-0.4, -0.2) is 74.6 Å². The summed E-state index contributed by atoms with van der Waals surface area (Å²) in [5.41, 5.74) is 19.7. The van der Waals surface area contributed by atoms with E-state index in [2.05, 4.69) is 19.9 Å². The van der Waals surface area contributed by atoms with E-state index in [0.717, 1.165) is 0 Å². The van der Waals surface area contributed by atoms with E-state index < -0.39 is 44.6 Å². The fourth-order valence-corrected chi connectivity index (χ4v) is 5.82.